The molecule has 4 rings (SSSR count). The van der Waals surface area contributed by atoms with E-state index in [4.69, 9.17) is 4.74 Å². The fraction of sp³-hybridized carbons (Fsp3) is 0.579. The van der Waals surface area contributed by atoms with Crippen LogP contribution in [0.5, 0.6) is 5.75 Å². The Balaban J connectivity index is 1.60. The number of hydrogen-bond acceptors (Lipinski definition) is 3. The quantitative estimate of drug-likeness (QED) is 0.787. The lowest BCUT2D eigenvalue weighted by Crippen LogP contribution is -2.43. The Bertz CT molecular complexity index is 604. The smallest absolute Gasteiger partial charge is 0.205 e. The van der Waals surface area contributed by atoms with Crippen LogP contribution in [0.15, 0.2) is 24.3 Å². The maximum absolute atomic E-state index is 12.5. The van der Waals surface area contributed by atoms with Gasteiger partial charge < -0.3 is 4.74 Å². The minimum absolute atomic E-state index is 0.0133. The molecule has 1 aromatic rings. The predicted molar refractivity (Wildman–Crippen MR) is 82.7 cm³/mol. The van der Waals surface area contributed by atoms with Crippen molar-refractivity contribution in [2.75, 3.05) is 0 Å². The Hall–Kier alpha value is -1.64. The Morgan fingerprint density at radius 3 is 2.50 bits per heavy atom. The highest BCUT2D eigenvalue weighted by molar-refractivity contribution is 6.41. The number of rotatable bonds is 2. The van der Waals surface area contributed by atoms with Gasteiger partial charge in [-0.15, -0.1) is 0 Å². The molecular formula is C19H22O3. The van der Waals surface area contributed by atoms with Crippen LogP contribution in [-0.2, 0) is 9.59 Å². The van der Waals surface area contributed by atoms with E-state index in [1.807, 2.05) is 31.2 Å². The largest absolute Gasteiger partial charge is 0.490 e. The van der Waals surface area contributed by atoms with Gasteiger partial charge in [0.05, 0.1) is 5.92 Å². The van der Waals surface area contributed by atoms with E-state index in [-0.39, 0.29) is 35.4 Å². The Morgan fingerprint density at radius 1 is 0.955 bits per heavy atom. The van der Waals surface area contributed by atoms with Crippen LogP contribution in [0.4, 0.5) is 0 Å². The Labute approximate surface area is 131 Å². The van der Waals surface area contributed by atoms with Crippen molar-refractivity contribution in [2.24, 2.45) is 23.7 Å². The molecule has 0 heterocycles. The zero-order chi connectivity index (χ0) is 15.3. The van der Waals surface area contributed by atoms with Crippen molar-refractivity contribution in [2.45, 2.75) is 45.1 Å². The second kappa shape index (κ2) is 5.22. The van der Waals surface area contributed by atoms with Crippen molar-refractivity contribution in [3.05, 3.63) is 29.8 Å². The van der Waals surface area contributed by atoms with Crippen molar-refractivity contribution in [3.63, 3.8) is 0 Å². The van der Waals surface area contributed by atoms with Crippen molar-refractivity contribution in [1.29, 1.82) is 0 Å². The van der Waals surface area contributed by atoms with Crippen molar-refractivity contribution in [1.82, 2.24) is 0 Å². The lowest BCUT2D eigenvalue weighted by Gasteiger charge is -2.42. The maximum Gasteiger partial charge on any atom is 0.205 e. The number of carbonyl (C=O) groups excluding carboxylic acids is 2. The van der Waals surface area contributed by atoms with Crippen molar-refractivity contribution in [3.8, 4) is 5.75 Å². The summed E-state index contributed by atoms with van der Waals surface area (Å²) in [6.45, 7) is 2.04. The van der Waals surface area contributed by atoms with E-state index < -0.39 is 0 Å². The Kier molecular flexibility index (Phi) is 3.32. The molecule has 3 aliphatic rings. The second-order valence-corrected chi connectivity index (χ2v) is 7.18. The second-order valence-electron chi connectivity index (χ2n) is 7.18. The Morgan fingerprint density at radius 2 is 1.73 bits per heavy atom. The van der Waals surface area contributed by atoms with E-state index in [1.165, 1.54) is 12.0 Å². The number of carbonyl (C=O) groups is 2. The fourth-order valence-electron chi connectivity index (χ4n) is 4.92. The molecule has 1 aromatic carbocycles. The highest BCUT2D eigenvalue weighted by atomic mass is 16.5. The normalized spacial score (nSPS) is 37.0. The highest BCUT2D eigenvalue weighted by Crippen LogP contribution is 2.52. The van der Waals surface area contributed by atoms with Gasteiger partial charge in [-0.3, -0.25) is 9.59 Å². The first-order chi connectivity index (χ1) is 10.6. The average molecular weight is 298 g/mol. The molecule has 0 bridgehead atoms. The highest BCUT2D eigenvalue weighted by Gasteiger charge is 2.58. The number of benzene rings is 1. The molecule has 3 saturated carbocycles. The topological polar surface area (TPSA) is 43.4 Å². The number of ether oxygens (including phenoxy) is 1. The molecule has 22 heavy (non-hydrogen) atoms. The minimum atomic E-state index is -0.196. The van der Waals surface area contributed by atoms with Gasteiger partial charge in [0.1, 0.15) is 11.9 Å². The fourth-order valence-corrected chi connectivity index (χ4v) is 4.92. The van der Waals surface area contributed by atoms with Gasteiger partial charge in [-0.25, -0.2) is 0 Å². The van der Waals surface area contributed by atoms with Crippen LogP contribution in [0.2, 0.25) is 0 Å². The van der Waals surface area contributed by atoms with Crippen LogP contribution >= 0.6 is 0 Å². The molecule has 0 aliphatic heterocycles. The minimum Gasteiger partial charge on any atom is -0.490 e. The molecular weight excluding hydrogens is 276 g/mol. The molecule has 3 nitrogen and oxygen atoms in total. The third-order valence-electron chi connectivity index (χ3n) is 5.93. The molecule has 5 unspecified atom stereocenters. The van der Waals surface area contributed by atoms with E-state index in [2.05, 4.69) is 0 Å². The van der Waals surface area contributed by atoms with Gasteiger partial charge in [0.2, 0.25) is 11.6 Å². The summed E-state index contributed by atoms with van der Waals surface area (Å²) >= 11 is 0. The number of hydrogen-bond donors (Lipinski definition) is 0. The van der Waals surface area contributed by atoms with E-state index in [9.17, 15) is 9.59 Å². The van der Waals surface area contributed by atoms with Crippen LogP contribution in [-0.4, -0.2) is 17.7 Å². The molecule has 116 valence electrons. The molecule has 0 saturated heterocycles. The first kappa shape index (κ1) is 14.0. The summed E-state index contributed by atoms with van der Waals surface area (Å²) < 4.78 is 6.14. The molecule has 0 spiro atoms. The van der Waals surface area contributed by atoms with Crippen molar-refractivity contribution < 1.29 is 14.3 Å². The summed E-state index contributed by atoms with van der Waals surface area (Å²) in [7, 11) is 0. The number of aryl methyl sites for hydroxylation is 1. The zero-order valence-corrected chi connectivity index (χ0v) is 13.0. The molecule has 3 aliphatic carbocycles. The average Bonchev–Trinajstić information content (AvgIpc) is 2.79. The third kappa shape index (κ3) is 2.10. The first-order valence-electron chi connectivity index (χ1n) is 8.46. The zero-order valence-electron chi connectivity index (χ0n) is 13.0. The lowest BCUT2D eigenvalue weighted by molar-refractivity contribution is -0.138. The van der Waals surface area contributed by atoms with Crippen LogP contribution in [0, 0.1) is 30.6 Å². The van der Waals surface area contributed by atoms with E-state index in [0.29, 0.717) is 5.92 Å². The van der Waals surface area contributed by atoms with Crippen LogP contribution < -0.4 is 4.74 Å². The van der Waals surface area contributed by atoms with E-state index >= 15 is 0 Å². The lowest BCUT2D eigenvalue weighted by atomic mass is 9.64. The van der Waals surface area contributed by atoms with Gasteiger partial charge in [-0.1, -0.05) is 30.5 Å². The maximum atomic E-state index is 12.5. The van der Waals surface area contributed by atoms with E-state index in [0.717, 1.165) is 31.4 Å². The number of Topliss-reactive ketones (excluding diaryl/α,β-unsaturated/α-hetero) is 2. The number of ketones is 2. The van der Waals surface area contributed by atoms with Crippen molar-refractivity contribution >= 4 is 11.6 Å². The van der Waals surface area contributed by atoms with Crippen LogP contribution in [0.25, 0.3) is 0 Å². The molecule has 0 N–H and O–H groups in total. The summed E-state index contributed by atoms with van der Waals surface area (Å²) in [5.41, 5.74) is 1.19. The monoisotopic (exact) mass is 298 g/mol. The summed E-state index contributed by atoms with van der Waals surface area (Å²) in [5, 5.41) is 0. The van der Waals surface area contributed by atoms with Gasteiger partial charge in [-0.05, 0) is 50.2 Å². The molecule has 3 fully saturated rings. The van der Waals surface area contributed by atoms with Gasteiger partial charge in [0.25, 0.3) is 0 Å². The van der Waals surface area contributed by atoms with Gasteiger partial charge in [-0.2, -0.15) is 0 Å². The summed E-state index contributed by atoms with van der Waals surface area (Å²) in [5.74, 6) is 1.14. The summed E-state index contributed by atoms with van der Waals surface area (Å²) in [4.78, 5) is 24.8. The predicted octanol–water partition coefficient (Wildman–Crippen LogP) is 3.34. The third-order valence-corrected chi connectivity index (χ3v) is 5.93. The van der Waals surface area contributed by atoms with Crippen LogP contribution in [0.1, 0.15) is 37.7 Å². The SMILES string of the molecule is Cc1ccc(OC2CCC3CCCC4C(=O)C(=O)C2C34)cc1. The molecule has 0 radical (unpaired) electrons. The van der Waals surface area contributed by atoms with E-state index in [1.54, 1.807) is 0 Å². The molecule has 3 heteroatoms. The molecule has 5 atom stereocenters. The summed E-state index contributed by atoms with van der Waals surface area (Å²) in [6, 6.07) is 7.96. The molecule has 0 amide bonds. The standard InChI is InChI=1S/C19H22O3/c1-11-5-8-13(9-6-11)22-15-10-7-12-3-2-4-14-16(12)17(15)19(21)18(14)20/h5-6,8-9,12,14-17H,2-4,7,10H2,1H3. The first-order valence-corrected chi connectivity index (χ1v) is 8.46. The van der Waals surface area contributed by atoms with Gasteiger partial charge >= 0.3 is 0 Å². The van der Waals surface area contributed by atoms with Crippen LogP contribution in [0.3, 0.4) is 0 Å². The molecule has 0 aromatic heterocycles. The summed E-state index contributed by atoms with van der Waals surface area (Å²) in [6.07, 6.45) is 5.04. The van der Waals surface area contributed by atoms with Gasteiger partial charge in [0.15, 0.2) is 0 Å². The van der Waals surface area contributed by atoms with Gasteiger partial charge in [0, 0.05) is 5.92 Å².